The summed E-state index contributed by atoms with van der Waals surface area (Å²) in [6.45, 7) is 0.434. The number of anilines is 1. The Morgan fingerprint density at radius 1 is 1.12 bits per heavy atom. The molecule has 0 bridgehead atoms. The number of guanidine groups is 1. The van der Waals surface area contributed by atoms with Crippen molar-refractivity contribution in [3.63, 3.8) is 0 Å². The number of methoxy groups -OCH3 is 2. The molecule has 0 aliphatic carbocycles. The van der Waals surface area contributed by atoms with E-state index in [1.807, 2.05) is 18.2 Å². The van der Waals surface area contributed by atoms with Gasteiger partial charge in [-0.15, -0.1) is 24.0 Å². The third-order valence-corrected chi connectivity index (χ3v) is 3.71. The molecular formula is C17H20BrFIN3O2. The molecule has 0 unspecified atom stereocenters. The molecule has 0 aliphatic rings. The van der Waals surface area contributed by atoms with Crippen molar-refractivity contribution in [1.82, 2.24) is 5.32 Å². The highest BCUT2D eigenvalue weighted by Gasteiger charge is 2.07. The second kappa shape index (κ2) is 10.4. The van der Waals surface area contributed by atoms with Gasteiger partial charge in [0.1, 0.15) is 5.82 Å². The molecule has 5 nitrogen and oxygen atoms in total. The Morgan fingerprint density at radius 2 is 1.84 bits per heavy atom. The van der Waals surface area contributed by atoms with Crippen molar-refractivity contribution in [3.05, 3.63) is 52.3 Å². The first kappa shape index (κ1) is 21.5. The first-order chi connectivity index (χ1) is 11.5. The normalized spacial score (nSPS) is 10.7. The SMILES string of the molecule is CN=C(NCc1cc(F)cc(Br)c1)Nc1ccc(OC)c(OC)c1.I. The lowest BCUT2D eigenvalue weighted by Crippen LogP contribution is -2.30. The fourth-order valence-corrected chi connectivity index (χ4v) is 2.64. The summed E-state index contributed by atoms with van der Waals surface area (Å²) in [5, 5.41) is 6.29. The Balaban J connectivity index is 0.00000312. The molecule has 2 aromatic carbocycles. The number of hydrogen-bond acceptors (Lipinski definition) is 3. The summed E-state index contributed by atoms with van der Waals surface area (Å²) >= 11 is 3.28. The van der Waals surface area contributed by atoms with Crippen molar-refractivity contribution < 1.29 is 13.9 Å². The molecule has 25 heavy (non-hydrogen) atoms. The van der Waals surface area contributed by atoms with Crippen molar-refractivity contribution in [2.75, 3.05) is 26.6 Å². The fourth-order valence-electron chi connectivity index (χ4n) is 2.13. The van der Waals surface area contributed by atoms with Crippen molar-refractivity contribution in [2.24, 2.45) is 4.99 Å². The molecule has 0 saturated heterocycles. The third-order valence-electron chi connectivity index (χ3n) is 3.25. The van der Waals surface area contributed by atoms with E-state index in [9.17, 15) is 4.39 Å². The average molecular weight is 524 g/mol. The lowest BCUT2D eigenvalue weighted by molar-refractivity contribution is 0.355. The highest BCUT2D eigenvalue weighted by molar-refractivity contribution is 14.0. The number of rotatable bonds is 5. The molecule has 2 rings (SSSR count). The predicted molar refractivity (Wildman–Crippen MR) is 113 cm³/mol. The molecule has 0 aromatic heterocycles. The van der Waals surface area contributed by atoms with Crippen LogP contribution in [0.3, 0.4) is 0 Å². The minimum atomic E-state index is -0.288. The molecule has 0 aliphatic heterocycles. The summed E-state index contributed by atoms with van der Waals surface area (Å²) < 4.78 is 24.6. The van der Waals surface area contributed by atoms with E-state index in [0.717, 1.165) is 11.3 Å². The first-order valence-electron chi connectivity index (χ1n) is 7.20. The van der Waals surface area contributed by atoms with Crippen LogP contribution in [0.15, 0.2) is 45.9 Å². The highest BCUT2D eigenvalue weighted by atomic mass is 127. The van der Waals surface area contributed by atoms with Crippen LogP contribution in [0.1, 0.15) is 5.56 Å². The number of hydrogen-bond donors (Lipinski definition) is 2. The molecule has 2 aromatic rings. The van der Waals surface area contributed by atoms with Crippen LogP contribution in [0.4, 0.5) is 10.1 Å². The van der Waals surface area contributed by atoms with Crippen molar-refractivity contribution >= 4 is 51.6 Å². The van der Waals surface area contributed by atoms with Gasteiger partial charge in [0.15, 0.2) is 17.5 Å². The lowest BCUT2D eigenvalue weighted by atomic mass is 10.2. The Kier molecular flexibility index (Phi) is 8.98. The molecule has 0 amide bonds. The Labute approximate surface area is 172 Å². The largest absolute Gasteiger partial charge is 0.493 e. The van der Waals surface area contributed by atoms with Gasteiger partial charge in [0, 0.05) is 29.8 Å². The van der Waals surface area contributed by atoms with Gasteiger partial charge in [-0.05, 0) is 35.9 Å². The molecule has 0 heterocycles. The zero-order valence-corrected chi connectivity index (χ0v) is 18.0. The van der Waals surface area contributed by atoms with Crippen LogP contribution in [0.5, 0.6) is 11.5 Å². The van der Waals surface area contributed by atoms with E-state index in [4.69, 9.17) is 9.47 Å². The van der Waals surface area contributed by atoms with Gasteiger partial charge in [-0.3, -0.25) is 4.99 Å². The summed E-state index contributed by atoms with van der Waals surface area (Å²) in [5.74, 6) is 1.54. The number of aliphatic imine (C=N–C) groups is 1. The van der Waals surface area contributed by atoms with Crippen molar-refractivity contribution in [2.45, 2.75) is 6.54 Å². The van der Waals surface area contributed by atoms with Gasteiger partial charge in [-0.25, -0.2) is 4.39 Å². The molecule has 136 valence electrons. The minimum Gasteiger partial charge on any atom is -0.493 e. The van der Waals surface area contributed by atoms with E-state index in [1.165, 1.54) is 12.1 Å². The molecule has 0 fully saturated rings. The van der Waals surface area contributed by atoms with Crippen molar-refractivity contribution in [1.29, 1.82) is 0 Å². The minimum absolute atomic E-state index is 0. The first-order valence-corrected chi connectivity index (χ1v) is 7.99. The Bertz CT molecular complexity index is 724. The maximum absolute atomic E-state index is 13.4. The van der Waals surface area contributed by atoms with E-state index in [0.29, 0.717) is 28.5 Å². The molecule has 0 saturated carbocycles. The summed E-state index contributed by atoms with van der Waals surface area (Å²) in [6.07, 6.45) is 0. The van der Waals surface area contributed by atoms with Crippen LogP contribution >= 0.6 is 39.9 Å². The number of benzene rings is 2. The Hall–Kier alpha value is -1.55. The van der Waals surface area contributed by atoms with E-state index in [2.05, 4.69) is 31.6 Å². The third kappa shape index (κ3) is 6.35. The van der Waals surface area contributed by atoms with E-state index < -0.39 is 0 Å². The van der Waals surface area contributed by atoms with Gasteiger partial charge < -0.3 is 20.1 Å². The molecular weight excluding hydrogens is 504 g/mol. The van der Waals surface area contributed by atoms with Crippen LogP contribution in [0.2, 0.25) is 0 Å². The zero-order valence-electron chi connectivity index (χ0n) is 14.1. The fraction of sp³-hybridized carbons (Fsp3) is 0.235. The topological polar surface area (TPSA) is 54.9 Å². The Morgan fingerprint density at radius 3 is 2.44 bits per heavy atom. The number of nitrogens with zero attached hydrogens (tertiary/aromatic N) is 1. The standard InChI is InChI=1S/C17H19BrFN3O2.HI/c1-20-17(21-10-11-6-12(18)8-13(19)7-11)22-14-4-5-15(23-2)16(9-14)24-3;/h4-9H,10H2,1-3H3,(H2,20,21,22);1H. The van der Waals surface area contributed by atoms with Gasteiger partial charge in [0.25, 0.3) is 0 Å². The van der Waals surface area contributed by atoms with Crippen LogP contribution in [0, 0.1) is 5.82 Å². The second-order valence-electron chi connectivity index (χ2n) is 4.90. The van der Waals surface area contributed by atoms with Crippen molar-refractivity contribution in [3.8, 4) is 11.5 Å². The van der Waals surface area contributed by atoms with E-state index in [-0.39, 0.29) is 29.8 Å². The average Bonchev–Trinajstić information content (AvgIpc) is 2.57. The quantitative estimate of drug-likeness (QED) is 0.346. The molecule has 2 N–H and O–H groups in total. The molecule has 8 heteroatoms. The maximum Gasteiger partial charge on any atom is 0.195 e. The summed E-state index contributed by atoms with van der Waals surface area (Å²) in [6, 6.07) is 10.2. The number of nitrogens with one attached hydrogen (secondary N) is 2. The summed E-state index contributed by atoms with van der Waals surface area (Å²) in [7, 11) is 4.83. The van der Waals surface area contributed by atoms with Crippen LogP contribution in [0.25, 0.3) is 0 Å². The van der Waals surface area contributed by atoms with Crippen LogP contribution in [-0.2, 0) is 6.54 Å². The molecule has 0 radical (unpaired) electrons. The van der Waals surface area contributed by atoms with Gasteiger partial charge in [-0.1, -0.05) is 15.9 Å². The maximum atomic E-state index is 13.4. The predicted octanol–water partition coefficient (Wildman–Crippen LogP) is 4.41. The monoisotopic (exact) mass is 523 g/mol. The van der Waals surface area contributed by atoms with Gasteiger partial charge >= 0.3 is 0 Å². The number of ether oxygens (including phenoxy) is 2. The van der Waals surface area contributed by atoms with Crippen LogP contribution < -0.4 is 20.1 Å². The van der Waals surface area contributed by atoms with Gasteiger partial charge in [0.2, 0.25) is 0 Å². The second-order valence-corrected chi connectivity index (χ2v) is 5.81. The van der Waals surface area contributed by atoms with Gasteiger partial charge in [-0.2, -0.15) is 0 Å². The molecule has 0 atom stereocenters. The van der Waals surface area contributed by atoms with Crippen LogP contribution in [-0.4, -0.2) is 27.2 Å². The highest BCUT2D eigenvalue weighted by Crippen LogP contribution is 2.29. The summed E-state index contributed by atoms with van der Waals surface area (Å²) in [4.78, 5) is 4.16. The smallest absolute Gasteiger partial charge is 0.195 e. The molecule has 0 spiro atoms. The number of halogens is 3. The van der Waals surface area contributed by atoms with E-state index in [1.54, 1.807) is 27.3 Å². The van der Waals surface area contributed by atoms with E-state index >= 15 is 0 Å². The zero-order chi connectivity index (χ0) is 17.5. The lowest BCUT2D eigenvalue weighted by Gasteiger charge is -2.14. The van der Waals surface area contributed by atoms with Gasteiger partial charge in [0.05, 0.1) is 14.2 Å². The summed E-state index contributed by atoms with van der Waals surface area (Å²) in [5.41, 5.74) is 1.60.